The number of rotatable bonds is 3. The predicted octanol–water partition coefficient (Wildman–Crippen LogP) is 1.48. The van der Waals surface area contributed by atoms with Gasteiger partial charge in [0.25, 0.3) is 0 Å². The first kappa shape index (κ1) is 16.4. The number of hydrogen-bond donors (Lipinski definition) is 1. The third kappa shape index (κ3) is 2.86. The number of nitrogens with zero attached hydrogens (tertiary/aromatic N) is 1. The van der Waals surface area contributed by atoms with Crippen molar-refractivity contribution in [2.75, 3.05) is 0 Å². The lowest BCUT2D eigenvalue weighted by molar-refractivity contribution is -0.475. The van der Waals surface area contributed by atoms with E-state index in [1.807, 2.05) is 12.1 Å². The largest absolute Gasteiger partial charge is 1.00 e. The first-order valence-electron chi connectivity index (χ1n) is 8.07. The zero-order valence-corrected chi connectivity index (χ0v) is 14.3. The van der Waals surface area contributed by atoms with Crippen molar-refractivity contribution in [1.29, 1.82) is 0 Å². The van der Waals surface area contributed by atoms with Crippen LogP contribution in [0.1, 0.15) is 12.5 Å². The summed E-state index contributed by atoms with van der Waals surface area (Å²) in [6.45, 7) is 2.20. The van der Waals surface area contributed by atoms with Gasteiger partial charge in [0.05, 0.1) is 21.8 Å². The molecule has 0 radical (unpaired) electrons. The van der Waals surface area contributed by atoms with Crippen molar-refractivity contribution >= 4 is 33.2 Å². The Balaban J connectivity index is 0.00000169. The van der Waals surface area contributed by atoms with E-state index in [0.717, 1.165) is 17.5 Å². The molecule has 0 aliphatic rings. The Morgan fingerprint density at radius 2 is 1.29 bits per heavy atom. The van der Waals surface area contributed by atoms with Crippen LogP contribution in [0, 0.1) is 0 Å². The summed E-state index contributed by atoms with van der Waals surface area (Å²) in [4.78, 5) is 4.80. The van der Waals surface area contributed by atoms with Crippen molar-refractivity contribution < 1.29 is 17.7 Å². The molecule has 0 saturated heterocycles. The van der Waals surface area contributed by atoms with E-state index in [9.17, 15) is 0 Å². The van der Waals surface area contributed by atoms with E-state index in [4.69, 9.17) is 4.98 Å². The minimum Gasteiger partial charge on any atom is -1.00 e. The van der Waals surface area contributed by atoms with Gasteiger partial charge in [-0.2, -0.15) is 0 Å². The fraction of sp³-hybridized carbons (Fsp3) is 0.0952. The van der Waals surface area contributed by atoms with Crippen LogP contribution >= 0.6 is 0 Å². The van der Waals surface area contributed by atoms with Gasteiger partial charge in [-0.25, -0.2) is 4.98 Å². The first-order valence-corrected chi connectivity index (χ1v) is 8.07. The van der Waals surface area contributed by atoms with Crippen LogP contribution in [0.4, 0.5) is 11.4 Å². The summed E-state index contributed by atoms with van der Waals surface area (Å²) in [5, 5.41) is 4.72. The molecule has 0 amide bonds. The lowest BCUT2D eigenvalue weighted by Gasteiger charge is -2.10. The van der Waals surface area contributed by atoms with E-state index in [2.05, 4.69) is 72.9 Å². The quantitative estimate of drug-likeness (QED) is 0.446. The van der Waals surface area contributed by atoms with Crippen LogP contribution in [-0.4, -0.2) is 4.98 Å². The summed E-state index contributed by atoms with van der Waals surface area (Å²) in [6.07, 6.45) is 1.04. The number of fused-ring (bicyclic) bond motifs is 2. The minimum absolute atomic E-state index is 0. The Kier molecular flexibility index (Phi) is 4.79. The maximum absolute atomic E-state index is 4.80. The lowest BCUT2D eigenvalue weighted by atomic mass is 10.1. The molecule has 24 heavy (non-hydrogen) atoms. The second-order valence-electron chi connectivity index (χ2n) is 5.76. The topological polar surface area (TPSA) is 29.5 Å². The molecule has 0 spiro atoms. The summed E-state index contributed by atoms with van der Waals surface area (Å²) in [5.74, 6) is 0. The average Bonchev–Trinajstić information content (AvgIpc) is 2.62. The van der Waals surface area contributed by atoms with Gasteiger partial charge in [-0.1, -0.05) is 49.4 Å². The van der Waals surface area contributed by atoms with Crippen molar-refractivity contribution in [3.8, 4) is 0 Å². The molecule has 2 nitrogen and oxygen atoms in total. The maximum atomic E-state index is 4.80. The number of quaternary nitrogens is 1. The van der Waals surface area contributed by atoms with E-state index in [-0.39, 0.29) is 12.4 Å². The number of aryl methyl sites for hydroxylation is 1. The summed E-state index contributed by atoms with van der Waals surface area (Å²) in [6, 6.07) is 25.4. The van der Waals surface area contributed by atoms with Crippen LogP contribution in [0.15, 0.2) is 72.8 Å². The van der Waals surface area contributed by atoms with Gasteiger partial charge in [0.15, 0.2) is 5.69 Å². The van der Waals surface area contributed by atoms with Gasteiger partial charge in [0.2, 0.25) is 0 Å². The van der Waals surface area contributed by atoms with Gasteiger partial charge in [-0.15, -0.1) is 0 Å². The number of nitrogens with two attached hydrogens (primary N) is 1. The molecule has 0 bridgehead atoms. The summed E-state index contributed by atoms with van der Waals surface area (Å²) < 4.78 is 0. The van der Waals surface area contributed by atoms with Gasteiger partial charge in [0, 0.05) is 5.56 Å². The van der Waals surface area contributed by atoms with Crippen molar-refractivity contribution in [2.45, 2.75) is 13.3 Å². The SMILES string of the molecule is CCc1ccccc1[NH2+]c1c2ccccc2nc2ccccc12.[Cl-]. The normalized spacial score (nSPS) is 10.7. The average molecular weight is 335 g/mol. The number of aromatic nitrogens is 1. The van der Waals surface area contributed by atoms with Crippen molar-refractivity contribution in [1.82, 2.24) is 4.98 Å². The number of halogens is 1. The summed E-state index contributed by atoms with van der Waals surface area (Å²) >= 11 is 0. The molecule has 1 heterocycles. The van der Waals surface area contributed by atoms with Crippen LogP contribution in [0.5, 0.6) is 0 Å². The van der Waals surface area contributed by atoms with Crippen molar-refractivity contribution in [3.63, 3.8) is 0 Å². The molecule has 2 N–H and O–H groups in total. The second kappa shape index (κ2) is 7.00. The zero-order chi connectivity index (χ0) is 15.6. The molecule has 4 aromatic rings. The molecule has 0 atom stereocenters. The molecule has 1 aromatic heterocycles. The Bertz CT molecular complexity index is 941. The highest BCUT2D eigenvalue weighted by Crippen LogP contribution is 2.28. The second-order valence-corrected chi connectivity index (χ2v) is 5.76. The maximum Gasteiger partial charge on any atom is 0.153 e. The van der Waals surface area contributed by atoms with Crippen molar-refractivity contribution in [3.05, 3.63) is 78.4 Å². The van der Waals surface area contributed by atoms with Crippen molar-refractivity contribution in [2.24, 2.45) is 0 Å². The molecule has 0 aliphatic carbocycles. The van der Waals surface area contributed by atoms with E-state index < -0.39 is 0 Å². The summed E-state index contributed by atoms with van der Waals surface area (Å²) in [7, 11) is 0. The molecule has 0 fully saturated rings. The highest BCUT2D eigenvalue weighted by Gasteiger charge is 2.14. The number of benzene rings is 3. The van der Waals surface area contributed by atoms with E-state index in [1.165, 1.54) is 27.7 Å². The van der Waals surface area contributed by atoms with Gasteiger partial charge in [0.1, 0.15) is 5.69 Å². The fourth-order valence-corrected chi connectivity index (χ4v) is 3.18. The first-order chi connectivity index (χ1) is 11.4. The standard InChI is InChI=1S/C21H18N2.ClH/c1-2-15-9-3-6-12-18(15)23-21-16-10-4-7-13-19(16)22-20-14-8-5-11-17(20)21;/h3-14H,2H2,1H3,(H,22,23);1H. The van der Waals surface area contributed by atoms with E-state index in [0.29, 0.717) is 0 Å². The van der Waals surface area contributed by atoms with Crippen LogP contribution in [-0.2, 0) is 6.42 Å². The van der Waals surface area contributed by atoms with Gasteiger partial charge >= 0.3 is 0 Å². The molecular weight excluding hydrogens is 316 g/mol. The third-order valence-corrected chi connectivity index (χ3v) is 4.37. The fourth-order valence-electron chi connectivity index (χ4n) is 3.18. The molecule has 0 aliphatic heterocycles. The van der Waals surface area contributed by atoms with Gasteiger partial charge in [-0.05, 0) is 36.8 Å². The lowest BCUT2D eigenvalue weighted by Crippen LogP contribution is -3.00. The van der Waals surface area contributed by atoms with Crippen LogP contribution in [0.25, 0.3) is 21.8 Å². The van der Waals surface area contributed by atoms with Gasteiger partial charge < -0.3 is 12.4 Å². The Morgan fingerprint density at radius 1 is 0.750 bits per heavy atom. The van der Waals surface area contributed by atoms with E-state index in [1.54, 1.807) is 0 Å². The Labute approximate surface area is 148 Å². The van der Waals surface area contributed by atoms with Crippen LogP contribution in [0.3, 0.4) is 0 Å². The van der Waals surface area contributed by atoms with Crippen LogP contribution < -0.4 is 17.7 Å². The monoisotopic (exact) mass is 334 g/mol. The minimum atomic E-state index is 0. The number of pyridine rings is 1. The molecular formula is C21H19ClN2. The number of para-hydroxylation sites is 3. The molecule has 0 unspecified atom stereocenters. The summed E-state index contributed by atoms with van der Waals surface area (Å²) in [5.41, 5.74) is 6.01. The van der Waals surface area contributed by atoms with E-state index >= 15 is 0 Å². The molecule has 4 rings (SSSR count). The molecule has 0 saturated carbocycles. The molecule has 3 aromatic carbocycles. The Morgan fingerprint density at radius 3 is 1.92 bits per heavy atom. The zero-order valence-electron chi connectivity index (χ0n) is 13.5. The van der Waals surface area contributed by atoms with Gasteiger partial charge in [-0.3, -0.25) is 5.32 Å². The third-order valence-electron chi connectivity index (χ3n) is 4.37. The predicted molar refractivity (Wildman–Crippen MR) is 96.3 cm³/mol. The smallest absolute Gasteiger partial charge is 0.153 e. The highest BCUT2D eigenvalue weighted by molar-refractivity contribution is 6.03. The Hall–Kier alpha value is -2.42. The highest BCUT2D eigenvalue weighted by atomic mass is 35.5. The molecule has 120 valence electrons. The van der Waals surface area contributed by atoms with Crippen LogP contribution in [0.2, 0.25) is 0 Å². The number of hydrogen-bond acceptors (Lipinski definition) is 1. The molecule has 3 heteroatoms.